The predicted molar refractivity (Wildman–Crippen MR) is 121 cm³/mol. The quantitative estimate of drug-likeness (QED) is 0.541. The lowest BCUT2D eigenvalue weighted by atomic mass is 10.1. The summed E-state index contributed by atoms with van der Waals surface area (Å²) in [5.41, 5.74) is 0.716. The zero-order valence-corrected chi connectivity index (χ0v) is 18.9. The third-order valence-electron chi connectivity index (χ3n) is 4.44. The van der Waals surface area contributed by atoms with Crippen molar-refractivity contribution in [2.45, 2.75) is 37.8 Å². The maximum atomic E-state index is 14.6. The molecule has 0 spiro atoms. The van der Waals surface area contributed by atoms with E-state index < -0.39 is 27.2 Å². The first-order valence-corrected chi connectivity index (χ1v) is 11.4. The van der Waals surface area contributed by atoms with Crippen LogP contribution in [0.25, 0.3) is 11.3 Å². The topological polar surface area (TPSA) is 64.4 Å². The zero-order valence-electron chi connectivity index (χ0n) is 18.0. The van der Waals surface area contributed by atoms with Gasteiger partial charge in [-0.15, -0.1) is 0 Å². The third-order valence-corrected chi connectivity index (χ3v) is 6.35. The van der Waals surface area contributed by atoms with Crippen molar-refractivity contribution in [3.63, 3.8) is 0 Å². The van der Waals surface area contributed by atoms with Crippen molar-refractivity contribution in [2.75, 3.05) is 7.05 Å². The van der Waals surface area contributed by atoms with Crippen LogP contribution in [-0.2, 0) is 21.0 Å². The summed E-state index contributed by atoms with van der Waals surface area (Å²) in [6, 6.07) is 11.3. The fourth-order valence-electron chi connectivity index (χ4n) is 3.02. The first-order chi connectivity index (χ1) is 14.5. The Kier molecular flexibility index (Phi) is 6.22. The molecule has 0 aliphatic heterocycles. The maximum Gasteiger partial charge on any atom is 0.410 e. The zero-order chi connectivity index (χ0) is 22.8. The summed E-state index contributed by atoms with van der Waals surface area (Å²) >= 11 is 0. The van der Waals surface area contributed by atoms with Crippen molar-refractivity contribution in [1.29, 1.82) is 0 Å². The van der Waals surface area contributed by atoms with Crippen LogP contribution in [0.1, 0.15) is 26.3 Å². The molecule has 0 saturated carbocycles. The van der Waals surface area contributed by atoms with Gasteiger partial charge in [0.25, 0.3) is 0 Å². The number of hydrogen-bond donors (Lipinski definition) is 0. The number of ether oxygens (including phenoxy) is 1. The normalized spacial score (nSPS) is 13.5. The van der Waals surface area contributed by atoms with Gasteiger partial charge in [-0.05, 0) is 62.5 Å². The molecular formula is C23H26FN3O3S. The van der Waals surface area contributed by atoms with E-state index in [-0.39, 0.29) is 12.1 Å². The molecule has 1 aromatic carbocycles. The minimum atomic E-state index is -3.05. The highest BCUT2D eigenvalue weighted by molar-refractivity contribution is 7.99. The summed E-state index contributed by atoms with van der Waals surface area (Å²) in [5, 5.41) is 0. The molecule has 3 aromatic rings. The van der Waals surface area contributed by atoms with Gasteiger partial charge in [0.15, 0.2) is 0 Å². The Hall–Kier alpha value is -3.13. The Morgan fingerprint density at radius 3 is 2.58 bits per heavy atom. The van der Waals surface area contributed by atoms with Gasteiger partial charge < -0.3 is 9.64 Å². The van der Waals surface area contributed by atoms with Gasteiger partial charge in [0, 0.05) is 31.2 Å². The SMILES string of the molecule is C=S(=O)(c1cccnc1)n1cc(CN(C)C(=O)OC(C)(C)C)cc1-c1ccccc1F. The van der Waals surface area contributed by atoms with Gasteiger partial charge in [0.05, 0.1) is 26.8 Å². The number of aromatic nitrogens is 2. The summed E-state index contributed by atoms with van der Waals surface area (Å²) in [6.45, 7) is 5.55. The molecule has 0 radical (unpaired) electrons. The average Bonchev–Trinajstić information content (AvgIpc) is 3.12. The van der Waals surface area contributed by atoms with Crippen LogP contribution in [0, 0.1) is 5.82 Å². The summed E-state index contributed by atoms with van der Waals surface area (Å²) in [5.74, 6) is 3.48. The van der Waals surface area contributed by atoms with Gasteiger partial charge in [-0.3, -0.25) is 8.96 Å². The molecule has 3 rings (SSSR count). The fourth-order valence-corrected chi connectivity index (χ4v) is 4.54. The maximum absolute atomic E-state index is 14.6. The fraction of sp³-hybridized carbons (Fsp3) is 0.261. The molecule has 0 aliphatic carbocycles. The monoisotopic (exact) mass is 443 g/mol. The van der Waals surface area contributed by atoms with E-state index >= 15 is 0 Å². The van der Waals surface area contributed by atoms with Crippen molar-refractivity contribution < 1.29 is 18.1 Å². The summed E-state index contributed by atoms with van der Waals surface area (Å²) in [7, 11) is -1.44. The highest BCUT2D eigenvalue weighted by Crippen LogP contribution is 2.29. The van der Waals surface area contributed by atoms with Gasteiger partial charge in [0.2, 0.25) is 0 Å². The third kappa shape index (κ3) is 5.14. The van der Waals surface area contributed by atoms with Crippen LogP contribution in [0.5, 0.6) is 0 Å². The van der Waals surface area contributed by atoms with Gasteiger partial charge in [0.1, 0.15) is 11.4 Å². The molecule has 0 bridgehead atoms. The van der Waals surface area contributed by atoms with E-state index in [1.807, 2.05) is 0 Å². The predicted octanol–water partition coefficient (Wildman–Crippen LogP) is 4.59. The molecule has 6 nitrogen and oxygen atoms in total. The second kappa shape index (κ2) is 8.55. The summed E-state index contributed by atoms with van der Waals surface area (Å²) in [6.07, 6.45) is 4.20. The molecule has 31 heavy (non-hydrogen) atoms. The van der Waals surface area contributed by atoms with Crippen LogP contribution in [0.3, 0.4) is 0 Å². The first-order valence-electron chi connectivity index (χ1n) is 9.67. The molecule has 2 heterocycles. The summed E-state index contributed by atoms with van der Waals surface area (Å²) < 4.78 is 35.2. The van der Waals surface area contributed by atoms with Gasteiger partial charge in [-0.25, -0.2) is 13.4 Å². The van der Waals surface area contributed by atoms with Crippen molar-refractivity contribution in [2.24, 2.45) is 0 Å². The molecule has 1 unspecified atom stereocenters. The number of nitrogens with zero attached hydrogens (tertiary/aromatic N) is 3. The number of carbonyl (C=O) groups excluding carboxylic acids is 1. The second-order valence-electron chi connectivity index (χ2n) is 8.20. The van der Waals surface area contributed by atoms with Gasteiger partial charge >= 0.3 is 6.09 Å². The lowest BCUT2D eigenvalue weighted by Gasteiger charge is -2.24. The van der Waals surface area contributed by atoms with E-state index in [0.717, 1.165) is 0 Å². The second-order valence-corrected chi connectivity index (χ2v) is 10.4. The minimum Gasteiger partial charge on any atom is -0.444 e. The first kappa shape index (κ1) is 22.6. The van der Waals surface area contributed by atoms with Crippen molar-refractivity contribution in [1.82, 2.24) is 13.9 Å². The number of pyridine rings is 1. The average molecular weight is 444 g/mol. The van der Waals surface area contributed by atoms with Crippen molar-refractivity contribution >= 4 is 21.7 Å². The molecule has 0 fully saturated rings. The van der Waals surface area contributed by atoms with E-state index in [2.05, 4.69) is 10.9 Å². The van der Waals surface area contributed by atoms with Crippen LogP contribution in [-0.4, -0.2) is 42.7 Å². The van der Waals surface area contributed by atoms with E-state index in [9.17, 15) is 13.4 Å². The highest BCUT2D eigenvalue weighted by atomic mass is 32.2. The Morgan fingerprint density at radius 2 is 1.97 bits per heavy atom. The van der Waals surface area contributed by atoms with Crippen LogP contribution >= 0.6 is 0 Å². The van der Waals surface area contributed by atoms with Gasteiger partial charge in [-0.1, -0.05) is 12.1 Å². The molecular weight excluding hydrogens is 417 g/mol. The van der Waals surface area contributed by atoms with E-state index in [0.29, 0.717) is 16.2 Å². The number of hydrogen-bond acceptors (Lipinski definition) is 4. The molecule has 1 amide bonds. The number of rotatable bonds is 5. The highest BCUT2D eigenvalue weighted by Gasteiger charge is 2.23. The number of halogens is 1. The summed E-state index contributed by atoms with van der Waals surface area (Å²) in [4.78, 5) is 18.2. The molecule has 0 N–H and O–H groups in total. The Labute approximate surface area is 182 Å². The largest absolute Gasteiger partial charge is 0.444 e. The van der Waals surface area contributed by atoms with Crippen molar-refractivity contribution in [3.8, 4) is 11.3 Å². The Morgan fingerprint density at radius 1 is 1.26 bits per heavy atom. The lowest BCUT2D eigenvalue weighted by molar-refractivity contribution is 0.0285. The number of amides is 1. The number of carbonyl (C=O) groups is 1. The minimum absolute atomic E-state index is 0.186. The van der Waals surface area contributed by atoms with E-state index in [4.69, 9.17) is 4.74 Å². The molecule has 0 aliphatic rings. The van der Waals surface area contributed by atoms with E-state index in [1.165, 1.54) is 21.1 Å². The molecule has 8 heteroatoms. The Bertz CT molecular complexity index is 1180. The van der Waals surface area contributed by atoms with Crippen LogP contribution in [0.4, 0.5) is 9.18 Å². The standard InChI is InChI=1S/C23H26FN3O3S/c1-23(2,3)30-22(28)26(4)15-17-13-21(19-10-6-7-11-20(19)24)27(16-17)31(5,29)18-9-8-12-25-14-18/h6-14,16H,5,15H2,1-4H3. The van der Waals surface area contributed by atoms with Crippen LogP contribution < -0.4 is 0 Å². The Balaban J connectivity index is 2.05. The smallest absolute Gasteiger partial charge is 0.410 e. The molecule has 164 valence electrons. The van der Waals surface area contributed by atoms with Crippen molar-refractivity contribution in [3.05, 3.63) is 72.4 Å². The molecule has 2 aromatic heterocycles. The molecule has 0 saturated heterocycles. The van der Waals surface area contributed by atoms with Gasteiger partial charge in [-0.2, -0.15) is 0 Å². The van der Waals surface area contributed by atoms with Crippen LogP contribution in [0.2, 0.25) is 0 Å². The number of benzene rings is 1. The lowest BCUT2D eigenvalue weighted by Crippen LogP contribution is -2.33. The van der Waals surface area contributed by atoms with Crippen LogP contribution in [0.15, 0.2) is 66.0 Å². The van der Waals surface area contributed by atoms with E-state index in [1.54, 1.807) is 76.6 Å². The molecule has 1 atom stereocenters.